The van der Waals surface area contributed by atoms with E-state index in [4.69, 9.17) is 4.74 Å². The Morgan fingerprint density at radius 1 is 1.21 bits per heavy atom. The third kappa shape index (κ3) is 9.77. The minimum Gasteiger partial charge on any atom is -0.466 e. The van der Waals surface area contributed by atoms with Crippen molar-refractivity contribution in [2.75, 3.05) is 6.61 Å². The number of esters is 1. The quantitative estimate of drug-likeness (QED) is 0.532. The zero-order valence-corrected chi connectivity index (χ0v) is 11.4. The Bertz CT molecular complexity index is 186. The van der Waals surface area contributed by atoms with E-state index in [1.165, 1.54) is 0 Å². The van der Waals surface area contributed by atoms with Crippen LogP contribution in [0.3, 0.4) is 0 Å². The molecule has 0 saturated heterocycles. The fraction of sp³-hybridized carbons (Fsp3) is 0.909. The fourth-order valence-electron chi connectivity index (χ4n) is 0.955. The highest BCUT2D eigenvalue weighted by atomic mass is 28.3. The van der Waals surface area contributed by atoms with Crippen molar-refractivity contribution in [1.82, 2.24) is 0 Å². The third-order valence-electron chi connectivity index (χ3n) is 1.79. The van der Waals surface area contributed by atoms with Gasteiger partial charge in [0.05, 0.1) is 13.0 Å². The van der Waals surface area contributed by atoms with Gasteiger partial charge in [0.25, 0.3) is 0 Å². The normalized spacial score (nSPS) is 12.7. The van der Waals surface area contributed by atoms with Gasteiger partial charge in [-0.25, -0.2) is 0 Å². The molecule has 0 amide bonds. The standard InChI is InChI=1S/C11H24O2Si/c1-11(2,3)9-10(12)13-7-8-14(4,5)6/h7-9H2,1-6H3. The maximum atomic E-state index is 11.3. The lowest BCUT2D eigenvalue weighted by atomic mass is 9.93. The molecule has 0 spiro atoms. The zero-order chi connectivity index (χ0) is 11.4. The van der Waals surface area contributed by atoms with Crippen LogP contribution in [0, 0.1) is 5.41 Å². The molecule has 2 nitrogen and oxygen atoms in total. The molecule has 0 bridgehead atoms. The minimum absolute atomic E-state index is 0.0379. The average Bonchev–Trinajstić information content (AvgIpc) is 1.78. The van der Waals surface area contributed by atoms with E-state index in [1.807, 2.05) is 20.8 Å². The molecular weight excluding hydrogens is 192 g/mol. The van der Waals surface area contributed by atoms with Crippen molar-refractivity contribution in [1.29, 1.82) is 0 Å². The molecule has 14 heavy (non-hydrogen) atoms. The molecule has 0 heterocycles. The van der Waals surface area contributed by atoms with Crippen molar-refractivity contribution in [3.63, 3.8) is 0 Å². The summed E-state index contributed by atoms with van der Waals surface area (Å²) in [6.07, 6.45) is 0.513. The lowest BCUT2D eigenvalue weighted by molar-refractivity contribution is -0.145. The molecule has 0 aromatic heterocycles. The van der Waals surface area contributed by atoms with Crippen molar-refractivity contribution in [3.05, 3.63) is 0 Å². The van der Waals surface area contributed by atoms with Gasteiger partial charge in [0.15, 0.2) is 0 Å². The van der Waals surface area contributed by atoms with E-state index < -0.39 is 8.07 Å². The second kappa shape index (κ2) is 4.96. The molecule has 84 valence electrons. The highest BCUT2D eigenvalue weighted by Gasteiger charge is 2.18. The summed E-state index contributed by atoms with van der Waals surface area (Å²) in [7, 11) is -1.06. The van der Waals surface area contributed by atoms with Gasteiger partial charge < -0.3 is 4.74 Å². The number of hydrogen-bond acceptors (Lipinski definition) is 2. The Balaban J connectivity index is 3.66. The lowest BCUT2D eigenvalue weighted by Crippen LogP contribution is -2.23. The van der Waals surface area contributed by atoms with Crippen molar-refractivity contribution in [2.24, 2.45) is 5.41 Å². The first-order chi connectivity index (χ1) is 6.10. The molecule has 0 N–H and O–H groups in total. The molecule has 0 aliphatic heterocycles. The van der Waals surface area contributed by atoms with Crippen molar-refractivity contribution in [3.8, 4) is 0 Å². The van der Waals surface area contributed by atoms with E-state index in [-0.39, 0.29) is 11.4 Å². The van der Waals surface area contributed by atoms with Gasteiger partial charge >= 0.3 is 5.97 Å². The summed E-state index contributed by atoms with van der Waals surface area (Å²) in [5, 5.41) is 0. The zero-order valence-electron chi connectivity index (χ0n) is 10.4. The van der Waals surface area contributed by atoms with Gasteiger partial charge in [-0.2, -0.15) is 0 Å². The van der Waals surface area contributed by atoms with Crippen LogP contribution < -0.4 is 0 Å². The van der Waals surface area contributed by atoms with Crippen molar-refractivity contribution in [2.45, 2.75) is 52.9 Å². The van der Waals surface area contributed by atoms with E-state index in [0.29, 0.717) is 13.0 Å². The summed E-state index contributed by atoms with van der Waals surface area (Å²) in [6.45, 7) is 13.6. The summed E-state index contributed by atoms with van der Waals surface area (Å²) < 4.78 is 5.19. The molecular formula is C11H24O2Si. The lowest BCUT2D eigenvalue weighted by Gasteiger charge is -2.18. The van der Waals surface area contributed by atoms with Crippen molar-refractivity contribution < 1.29 is 9.53 Å². The maximum absolute atomic E-state index is 11.3. The van der Waals surface area contributed by atoms with Crippen LogP contribution >= 0.6 is 0 Å². The molecule has 0 saturated carbocycles. The highest BCUT2D eigenvalue weighted by Crippen LogP contribution is 2.19. The van der Waals surface area contributed by atoms with Crippen LogP contribution in [0.5, 0.6) is 0 Å². The molecule has 0 atom stereocenters. The average molecular weight is 216 g/mol. The molecule has 0 aromatic carbocycles. The Kier molecular flexibility index (Phi) is 4.85. The summed E-state index contributed by atoms with van der Waals surface area (Å²) in [5.74, 6) is -0.0595. The number of ether oxygens (including phenoxy) is 1. The minimum atomic E-state index is -1.06. The van der Waals surface area contributed by atoms with E-state index in [1.54, 1.807) is 0 Å². The molecule has 0 rings (SSSR count). The van der Waals surface area contributed by atoms with Crippen LogP contribution in [0.15, 0.2) is 0 Å². The predicted octanol–water partition coefficient (Wildman–Crippen LogP) is 3.30. The molecule has 0 aliphatic rings. The van der Waals surface area contributed by atoms with Gasteiger partial charge in [-0.3, -0.25) is 4.79 Å². The van der Waals surface area contributed by atoms with E-state index in [9.17, 15) is 4.79 Å². The molecule has 0 fully saturated rings. The van der Waals surface area contributed by atoms with Crippen LogP contribution in [0.25, 0.3) is 0 Å². The first-order valence-electron chi connectivity index (χ1n) is 5.26. The smallest absolute Gasteiger partial charge is 0.306 e. The topological polar surface area (TPSA) is 26.3 Å². The van der Waals surface area contributed by atoms with Crippen LogP contribution in [0.4, 0.5) is 0 Å². The van der Waals surface area contributed by atoms with Gasteiger partial charge in [-0.15, -0.1) is 0 Å². The monoisotopic (exact) mass is 216 g/mol. The van der Waals surface area contributed by atoms with Gasteiger partial charge in [0, 0.05) is 8.07 Å². The second-order valence-corrected chi connectivity index (χ2v) is 11.9. The Hall–Kier alpha value is -0.313. The largest absolute Gasteiger partial charge is 0.466 e. The Labute approximate surface area is 89.0 Å². The second-order valence-electron chi connectivity index (χ2n) is 6.27. The first-order valence-corrected chi connectivity index (χ1v) is 8.96. The predicted molar refractivity (Wildman–Crippen MR) is 63.2 cm³/mol. The van der Waals surface area contributed by atoms with Crippen LogP contribution in [0.1, 0.15) is 27.2 Å². The molecule has 0 radical (unpaired) electrons. The van der Waals surface area contributed by atoms with E-state index in [0.717, 1.165) is 6.04 Å². The fourth-order valence-corrected chi connectivity index (χ4v) is 1.67. The Morgan fingerprint density at radius 2 is 1.71 bits per heavy atom. The summed E-state index contributed by atoms with van der Waals surface area (Å²) in [4.78, 5) is 11.3. The van der Waals surface area contributed by atoms with Gasteiger partial charge in [0.2, 0.25) is 0 Å². The van der Waals surface area contributed by atoms with E-state index >= 15 is 0 Å². The van der Waals surface area contributed by atoms with Crippen LogP contribution in [-0.2, 0) is 9.53 Å². The molecule has 0 aromatic rings. The summed E-state index contributed by atoms with van der Waals surface area (Å²) in [6, 6.07) is 1.06. The first kappa shape index (κ1) is 13.7. The van der Waals surface area contributed by atoms with Gasteiger partial charge in [-0.05, 0) is 11.5 Å². The maximum Gasteiger partial charge on any atom is 0.306 e. The molecule has 0 unspecified atom stereocenters. The van der Waals surface area contributed by atoms with E-state index in [2.05, 4.69) is 19.6 Å². The third-order valence-corrected chi connectivity index (χ3v) is 3.49. The molecule has 3 heteroatoms. The van der Waals surface area contributed by atoms with Crippen molar-refractivity contribution >= 4 is 14.0 Å². The molecule has 0 aliphatic carbocycles. The van der Waals surface area contributed by atoms with Gasteiger partial charge in [0.1, 0.15) is 0 Å². The Morgan fingerprint density at radius 3 is 2.07 bits per heavy atom. The van der Waals surface area contributed by atoms with Crippen LogP contribution in [0.2, 0.25) is 25.7 Å². The number of hydrogen-bond donors (Lipinski definition) is 0. The van der Waals surface area contributed by atoms with Crippen LogP contribution in [-0.4, -0.2) is 20.7 Å². The van der Waals surface area contributed by atoms with Gasteiger partial charge in [-0.1, -0.05) is 40.4 Å². The summed E-state index contributed by atoms with van der Waals surface area (Å²) >= 11 is 0. The summed E-state index contributed by atoms with van der Waals surface area (Å²) in [5.41, 5.74) is 0.0379. The number of carbonyl (C=O) groups is 1. The highest BCUT2D eigenvalue weighted by molar-refractivity contribution is 6.76. The SMILES string of the molecule is CC(C)(C)CC(=O)OCC[Si](C)(C)C. The number of rotatable bonds is 4. The number of carbonyl (C=O) groups excluding carboxylic acids is 1.